The fourth-order valence-electron chi connectivity index (χ4n) is 2.70. The lowest BCUT2D eigenvalue weighted by Gasteiger charge is -2.08. The second-order valence-corrected chi connectivity index (χ2v) is 6.52. The third-order valence-electron chi connectivity index (χ3n) is 3.75. The van der Waals surface area contributed by atoms with Gasteiger partial charge in [-0.2, -0.15) is 9.61 Å². The first-order valence-electron chi connectivity index (χ1n) is 6.97. The Hall–Kier alpha value is -0.970. The van der Waals surface area contributed by atoms with Crippen LogP contribution in [0.2, 0.25) is 0 Å². The summed E-state index contributed by atoms with van der Waals surface area (Å²) in [6.45, 7) is 4.28. The molecule has 0 aliphatic heterocycles. The molecular weight excluding hydrogens is 244 g/mol. The van der Waals surface area contributed by atoms with E-state index in [1.54, 1.807) is 11.3 Å². The highest BCUT2D eigenvalue weighted by Gasteiger charge is 2.21. The largest absolute Gasteiger partial charge is 0.234 e. The Morgan fingerprint density at radius 2 is 1.83 bits per heavy atom. The molecule has 2 heterocycles. The second kappa shape index (κ2) is 4.96. The number of aromatic nitrogens is 4. The van der Waals surface area contributed by atoms with Gasteiger partial charge in [-0.05, 0) is 12.8 Å². The van der Waals surface area contributed by atoms with E-state index in [1.807, 2.05) is 4.52 Å². The Kier molecular flexibility index (Phi) is 3.33. The average molecular weight is 264 g/mol. The van der Waals surface area contributed by atoms with E-state index in [-0.39, 0.29) is 0 Å². The highest BCUT2D eigenvalue weighted by atomic mass is 32.1. The van der Waals surface area contributed by atoms with Gasteiger partial charge >= 0.3 is 0 Å². The van der Waals surface area contributed by atoms with Gasteiger partial charge in [0.05, 0.1) is 0 Å². The van der Waals surface area contributed by atoms with Crippen LogP contribution in [0.25, 0.3) is 4.96 Å². The van der Waals surface area contributed by atoms with Gasteiger partial charge in [-0.3, -0.25) is 0 Å². The van der Waals surface area contributed by atoms with Crippen molar-refractivity contribution in [2.75, 3.05) is 0 Å². The summed E-state index contributed by atoms with van der Waals surface area (Å²) in [6.07, 6.45) is 8.06. The van der Waals surface area contributed by atoms with E-state index in [2.05, 4.69) is 24.0 Å². The van der Waals surface area contributed by atoms with Gasteiger partial charge < -0.3 is 0 Å². The van der Waals surface area contributed by atoms with E-state index >= 15 is 0 Å². The van der Waals surface area contributed by atoms with E-state index < -0.39 is 0 Å². The summed E-state index contributed by atoms with van der Waals surface area (Å²) in [5.41, 5.74) is 0. The third kappa shape index (κ3) is 2.16. The van der Waals surface area contributed by atoms with Crippen molar-refractivity contribution in [3.63, 3.8) is 0 Å². The quantitative estimate of drug-likeness (QED) is 0.776. The molecule has 2 aromatic heterocycles. The van der Waals surface area contributed by atoms with Crippen molar-refractivity contribution in [3.05, 3.63) is 10.8 Å². The summed E-state index contributed by atoms with van der Waals surface area (Å²) in [7, 11) is 0. The van der Waals surface area contributed by atoms with Gasteiger partial charge in [0.1, 0.15) is 5.01 Å². The predicted molar refractivity (Wildman–Crippen MR) is 73.2 cm³/mol. The van der Waals surface area contributed by atoms with Crippen molar-refractivity contribution in [3.8, 4) is 0 Å². The first-order valence-corrected chi connectivity index (χ1v) is 7.79. The van der Waals surface area contributed by atoms with Crippen molar-refractivity contribution in [2.45, 2.75) is 64.2 Å². The lowest BCUT2D eigenvalue weighted by Crippen LogP contribution is -2.01. The maximum Gasteiger partial charge on any atom is 0.234 e. The van der Waals surface area contributed by atoms with Gasteiger partial charge in [0, 0.05) is 11.8 Å². The van der Waals surface area contributed by atoms with Crippen LogP contribution in [0, 0.1) is 0 Å². The molecule has 3 rings (SSSR count). The van der Waals surface area contributed by atoms with Crippen LogP contribution in [-0.2, 0) is 0 Å². The van der Waals surface area contributed by atoms with Crippen molar-refractivity contribution < 1.29 is 0 Å². The second-order valence-electron chi connectivity index (χ2n) is 5.54. The van der Waals surface area contributed by atoms with E-state index in [4.69, 9.17) is 5.10 Å². The van der Waals surface area contributed by atoms with Gasteiger partial charge in [0.2, 0.25) is 4.96 Å². The number of nitrogens with zero attached hydrogens (tertiary/aromatic N) is 4. The summed E-state index contributed by atoms with van der Waals surface area (Å²) in [6, 6.07) is 0. The summed E-state index contributed by atoms with van der Waals surface area (Å²) in [4.78, 5) is 0.956. The van der Waals surface area contributed by atoms with Gasteiger partial charge in [-0.15, -0.1) is 10.2 Å². The number of hydrogen-bond donors (Lipinski definition) is 0. The van der Waals surface area contributed by atoms with Crippen LogP contribution in [0.3, 0.4) is 0 Å². The molecule has 0 amide bonds. The number of rotatable bonds is 2. The minimum atomic E-state index is 0.379. The Morgan fingerprint density at radius 3 is 2.50 bits per heavy atom. The molecule has 0 saturated heterocycles. The number of hydrogen-bond acceptors (Lipinski definition) is 4. The van der Waals surface area contributed by atoms with Gasteiger partial charge in [-0.25, -0.2) is 0 Å². The topological polar surface area (TPSA) is 43.1 Å². The monoisotopic (exact) mass is 264 g/mol. The Bertz CT molecular complexity index is 520. The van der Waals surface area contributed by atoms with Gasteiger partial charge in [-0.1, -0.05) is 50.9 Å². The van der Waals surface area contributed by atoms with E-state index in [0.717, 1.165) is 10.8 Å². The van der Waals surface area contributed by atoms with Gasteiger partial charge in [0.15, 0.2) is 5.82 Å². The zero-order chi connectivity index (χ0) is 12.5. The minimum absolute atomic E-state index is 0.379. The highest BCUT2D eigenvalue weighted by Crippen LogP contribution is 2.34. The average Bonchev–Trinajstić information content (AvgIpc) is 2.79. The van der Waals surface area contributed by atoms with E-state index in [9.17, 15) is 0 Å². The lowest BCUT2D eigenvalue weighted by molar-refractivity contribution is 0.577. The fourth-order valence-corrected chi connectivity index (χ4v) is 3.71. The molecule has 1 aliphatic carbocycles. The molecule has 2 aromatic rings. The molecule has 18 heavy (non-hydrogen) atoms. The molecule has 0 radical (unpaired) electrons. The van der Waals surface area contributed by atoms with Crippen LogP contribution in [-0.4, -0.2) is 19.8 Å². The molecule has 1 fully saturated rings. The van der Waals surface area contributed by atoms with E-state index in [1.165, 1.54) is 43.5 Å². The minimum Gasteiger partial charge on any atom is -0.187 e. The predicted octanol–water partition coefficient (Wildman–Crippen LogP) is 3.75. The van der Waals surface area contributed by atoms with Crippen LogP contribution in [0.4, 0.5) is 0 Å². The van der Waals surface area contributed by atoms with Crippen molar-refractivity contribution in [1.29, 1.82) is 0 Å². The van der Waals surface area contributed by atoms with Crippen LogP contribution >= 0.6 is 11.3 Å². The molecule has 0 aromatic carbocycles. The SMILES string of the molecule is CC(C)c1nnc2sc(C3CCCCCC3)nn12. The maximum atomic E-state index is 4.77. The molecule has 1 saturated carbocycles. The molecular formula is C13H20N4S. The molecule has 0 spiro atoms. The molecule has 0 N–H and O–H groups in total. The van der Waals surface area contributed by atoms with Crippen molar-refractivity contribution in [1.82, 2.24) is 19.8 Å². The highest BCUT2D eigenvalue weighted by molar-refractivity contribution is 7.16. The maximum absolute atomic E-state index is 4.77. The van der Waals surface area contributed by atoms with Gasteiger partial charge in [0.25, 0.3) is 0 Å². The van der Waals surface area contributed by atoms with Crippen molar-refractivity contribution >= 4 is 16.3 Å². The lowest BCUT2D eigenvalue weighted by atomic mass is 10.0. The summed E-state index contributed by atoms with van der Waals surface area (Å²) in [5, 5.41) is 14.5. The summed E-state index contributed by atoms with van der Waals surface area (Å²) in [5.74, 6) is 2.02. The Labute approximate surface area is 111 Å². The third-order valence-corrected chi connectivity index (χ3v) is 4.81. The van der Waals surface area contributed by atoms with E-state index in [0.29, 0.717) is 11.8 Å². The Balaban J connectivity index is 1.92. The van der Waals surface area contributed by atoms with Crippen LogP contribution in [0.15, 0.2) is 0 Å². The molecule has 4 nitrogen and oxygen atoms in total. The molecule has 0 atom stereocenters. The molecule has 1 aliphatic rings. The molecule has 0 bridgehead atoms. The van der Waals surface area contributed by atoms with Crippen LogP contribution < -0.4 is 0 Å². The molecule has 0 unspecified atom stereocenters. The first-order chi connectivity index (χ1) is 8.75. The Morgan fingerprint density at radius 1 is 1.11 bits per heavy atom. The normalized spacial score (nSPS) is 18.6. The first kappa shape index (κ1) is 12.1. The fraction of sp³-hybridized carbons (Fsp3) is 0.769. The molecule has 5 heteroatoms. The zero-order valence-corrected chi connectivity index (χ0v) is 11.9. The number of fused-ring (bicyclic) bond motifs is 1. The molecule has 98 valence electrons. The summed E-state index contributed by atoms with van der Waals surface area (Å²) < 4.78 is 1.95. The standard InChI is InChI=1S/C13H20N4S/c1-9(2)11-14-15-13-17(11)16-12(18-13)10-7-5-3-4-6-8-10/h9-10H,3-8H2,1-2H3. The summed E-state index contributed by atoms with van der Waals surface area (Å²) >= 11 is 1.73. The van der Waals surface area contributed by atoms with Crippen LogP contribution in [0.5, 0.6) is 0 Å². The zero-order valence-electron chi connectivity index (χ0n) is 11.1. The smallest absolute Gasteiger partial charge is 0.187 e. The van der Waals surface area contributed by atoms with Crippen LogP contribution in [0.1, 0.15) is 75.0 Å². The van der Waals surface area contributed by atoms with Crippen molar-refractivity contribution in [2.24, 2.45) is 0 Å².